The van der Waals surface area contributed by atoms with E-state index in [1.54, 1.807) is 0 Å². The highest BCUT2D eigenvalue weighted by Crippen LogP contribution is 2.29. The third kappa shape index (κ3) is 5.66. The van der Waals surface area contributed by atoms with E-state index in [4.69, 9.17) is 0 Å². The van der Waals surface area contributed by atoms with Gasteiger partial charge in [0.25, 0.3) is 0 Å². The monoisotopic (exact) mass is 406 g/mol. The first kappa shape index (κ1) is 20.6. The van der Waals surface area contributed by atoms with Crippen molar-refractivity contribution in [1.82, 2.24) is 4.31 Å². The molecule has 0 aromatic heterocycles. The lowest BCUT2D eigenvalue weighted by molar-refractivity contribution is -0.274. The molecule has 1 N–H and O–H groups in total. The Hall–Kier alpha value is -2.66. The SMILES string of the molecule is CN(CC(=O)Nc1ccccc1OC(F)(F)F)S(=O)(=O)c1ccc(F)cc1. The van der Waals surface area contributed by atoms with Crippen molar-refractivity contribution in [3.8, 4) is 5.75 Å². The number of ether oxygens (including phenoxy) is 1. The molecule has 27 heavy (non-hydrogen) atoms. The average Bonchev–Trinajstić information content (AvgIpc) is 2.55. The van der Waals surface area contributed by atoms with Gasteiger partial charge in [0.15, 0.2) is 5.75 Å². The Morgan fingerprint density at radius 2 is 1.70 bits per heavy atom. The van der Waals surface area contributed by atoms with Gasteiger partial charge in [-0.15, -0.1) is 13.2 Å². The number of hydrogen-bond donors (Lipinski definition) is 1. The van der Waals surface area contributed by atoms with Crippen molar-refractivity contribution in [3.05, 3.63) is 54.3 Å². The van der Waals surface area contributed by atoms with Crippen molar-refractivity contribution in [2.45, 2.75) is 11.3 Å². The highest BCUT2D eigenvalue weighted by molar-refractivity contribution is 7.89. The molecule has 0 aliphatic carbocycles. The second-order valence-electron chi connectivity index (χ2n) is 5.31. The number of anilines is 1. The number of nitrogens with zero attached hydrogens (tertiary/aromatic N) is 1. The molecular weight excluding hydrogens is 392 g/mol. The van der Waals surface area contributed by atoms with Crippen LogP contribution in [0.4, 0.5) is 23.2 Å². The molecule has 11 heteroatoms. The maximum absolute atomic E-state index is 12.9. The van der Waals surface area contributed by atoms with Crippen molar-refractivity contribution in [1.29, 1.82) is 0 Å². The van der Waals surface area contributed by atoms with Gasteiger partial charge in [-0.2, -0.15) is 4.31 Å². The van der Waals surface area contributed by atoms with Crippen LogP contribution < -0.4 is 10.1 Å². The smallest absolute Gasteiger partial charge is 0.404 e. The maximum Gasteiger partial charge on any atom is 0.573 e. The molecule has 0 bridgehead atoms. The van der Waals surface area contributed by atoms with E-state index in [0.717, 1.165) is 37.4 Å². The zero-order valence-corrected chi connectivity index (χ0v) is 14.6. The van der Waals surface area contributed by atoms with Gasteiger partial charge in [0, 0.05) is 7.05 Å². The Balaban J connectivity index is 2.11. The number of alkyl halides is 3. The number of rotatable bonds is 6. The highest BCUT2D eigenvalue weighted by Gasteiger charge is 2.32. The van der Waals surface area contributed by atoms with Crippen LogP contribution in [0.2, 0.25) is 0 Å². The minimum atomic E-state index is -4.95. The summed E-state index contributed by atoms with van der Waals surface area (Å²) in [5.74, 6) is -2.15. The van der Waals surface area contributed by atoms with Gasteiger partial charge in [-0.05, 0) is 36.4 Å². The van der Waals surface area contributed by atoms with Crippen molar-refractivity contribution in [3.63, 3.8) is 0 Å². The molecule has 0 heterocycles. The largest absolute Gasteiger partial charge is 0.573 e. The quantitative estimate of drug-likeness (QED) is 0.749. The van der Waals surface area contributed by atoms with E-state index in [9.17, 15) is 30.8 Å². The molecule has 0 spiro atoms. The lowest BCUT2D eigenvalue weighted by Crippen LogP contribution is -2.35. The van der Waals surface area contributed by atoms with Crippen LogP contribution in [0.3, 0.4) is 0 Å². The number of sulfonamides is 1. The van der Waals surface area contributed by atoms with Gasteiger partial charge in [0.1, 0.15) is 5.82 Å². The first-order chi connectivity index (χ1) is 12.5. The summed E-state index contributed by atoms with van der Waals surface area (Å²) in [6.45, 7) is -0.680. The highest BCUT2D eigenvalue weighted by atomic mass is 32.2. The third-order valence-corrected chi connectivity index (χ3v) is 5.09. The number of para-hydroxylation sites is 2. The fourth-order valence-corrected chi connectivity index (χ4v) is 3.17. The molecule has 146 valence electrons. The minimum Gasteiger partial charge on any atom is -0.404 e. The number of likely N-dealkylation sites (N-methyl/N-ethyl adjacent to an activating group) is 1. The predicted molar refractivity (Wildman–Crippen MR) is 88.0 cm³/mol. The summed E-state index contributed by atoms with van der Waals surface area (Å²) < 4.78 is 79.3. The fourth-order valence-electron chi connectivity index (χ4n) is 2.05. The van der Waals surface area contributed by atoms with Crippen LogP contribution in [0, 0.1) is 5.82 Å². The topological polar surface area (TPSA) is 75.7 Å². The Bertz CT molecular complexity index is 915. The molecule has 0 saturated carbocycles. The molecule has 6 nitrogen and oxygen atoms in total. The van der Waals surface area contributed by atoms with Crippen LogP contribution in [0.5, 0.6) is 5.75 Å². The van der Waals surface area contributed by atoms with E-state index in [-0.39, 0.29) is 10.6 Å². The van der Waals surface area contributed by atoms with E-state index >= 15 is 0 Å². The predicted octanol–water partition coefficient (Wildman–Crippen LogP) is 2.98. The number of carbonyl (C=O) groups is 1. The van der Waals surface area contributed by atoms with Crippen LogP contribution in [0.25, 0.3) is 0 Å². The number of benzene rings is 2. The van der Waals surface area contributed by atoms with Crippen LogP contribution in [0.15, 0.2) is 53.4 Å². The van der Waals surface area contributed by atoms with Crippen LogP contribution in [-0.2, 0) is 14.8 Å². The Kier molecular flexibility index (Phi) is 6.06. The fraction of sp³-hybridized carbons (Fsp3) is 0.188. The summed E-state index contributed by atoms with van der Waals surface area (Å²) in [6, 6.07) is 8.79. The van der Waals surface area contributed by atoms with Crippen molar-refractivity contribution >= 4 is 21.6 Å². The van der Waals surface area contributed by atoms with E-state index in [0.29, 0.717) is 4.31 Å². The molecule has 0 aliphatic rings. The van der Waals surface area contributed by atoms with Gasteiger partial charge < -0.3 is 10.1 Å². The van der Waals surface area contributed by atoms with Crippen molar-refractivity contribution in [2.24, 2.45) is 0 Å². The summed E-state index contributed by atoms with van der Waals surface area (Å²) in [5.41, 5.74) is -0.271. The molecule has 2 aromatic rings. The van der Waals surface area contributed by atoms with Crippen molar-refractivity contribution in [2.75, 3.05) is 18.9 Å². The zero-order valence-electron chi connectivity index (χ0n) is 13.8. The molecule has 0 saturated heterocycles. The van der Waals surface area contributed by atoms with E-state index in [2.05, 4.69) is 10.1 Å². The lowest BCUT2D eigenvalue weighted by Gasteiger charge is -2.18. The van der Waals surface area contributed by atoms with Crippen LogP contribution in [-0.4, -0.2) is 38.6 Å². The summed E-state index contributed by atoms with van der Waals surface area (Å²) in [7, 11) is -2.98. The molecule has 2 rings (SSSR count). The molecule has 0 radical (unpaired) electrons. The van der Waals surface area contributed by atoms with Crippen LogP contribution >= 0.6 is 0 Å². The summed E-state index contributed by atoms with van der Waals surface area (Å²) >= 11 is 0. The van der Waals surface area contributed by atoms with Gasteiger partial charge in [-0.3, -0.25) is 4.79 Å². The average molecular weight is 406 g/mol. The van der Waals surface area contributed by atoms with E-state index in [1.807, 2.05) is 0 Å². The van der Waals surface area contributed by atoms with Gasteiger partial charge in [0.2, 0.25) is 15.9 Å². The van der Waals surface area contributed by atoms with Gasteiger partial charge in [-0.25, -0.2) is 12.8 Å². The number of nitrogens with one attached hydrogen (secondary N) is 1. The maximum atomic E-state index is 12.9. The van der Waals surface area contributed by atoms with E-state index < -0.39 is 40.4 Å². The first-order valence-corrected chi connectivity index (χ1v) is 8.79. The van der Waals surface area contributed by atoms with Gasteiger partial charge in [-0.1, -0.05) is 12.1 Å². The Labute approximate surface area is 152 Å². The van der Waals surface area contributed by atoms with E-state index in [1.165, 1.54) is 18.2 Å². The molecule has 0 aliphatic heterocycles. The molecule has 2 aromatic carbocycles. The number of carbonyl (C=O) groups excluding carboxylic acids is 1. The van der Waals surface area contributed by atoms with Crippen LogP contribution in [0.1, 0.15) is 0 Å². The number of amides is 1. The molecule has 0 fully saturated rings. The van der Waals surface area contributed by atoms with Gasteiger partial charge >= 0.3 is 6.36 Å². The summed E-state index contributed by atoms with van der Waals surface area (Å²) in [5, 5.41) is 2.17. The zero-order chi connectivity index (χ0) is 20.2. The van der Waals surface area contributed by atoms with Crippen molar-refractivity contribution < 1.29 is 35.5 Å². The lowest BCUT2D eigenvalue weighted by atomic mass is 10.3. The molecule has 0 atom stereocenters. The number of hydrogen-bond acceptors (Lipinski definition) is 4. The first-order valence-electron chi connectivity index (χ1n) is 7.35. The molecule has 0 unspecified atom stereocenters. The molecule has 1 amide bonds. The summed E-state index contributed by atoms with van der Waals surface area (Å²) in [4.78, 5) is 11.8. The normalized spacial score (nSPS) is 12.1. The second kappa shape index (κ2) is 7.92. The molecular formula is C16H14F4N2O4S. The summed E-state index contributed by atoms with van der Waals surface area (Å²) in [6.07, 6.45) is -4.95. The van der Waals surface area contributed by atoms with Gasteiger partial charge in [0.05, 0.1) is 17.1 Å². The number of halogens is 4. The minimum absolute atomic E-state index is 0.236. The standard InChI is InChI=1S/C16H14F4N2O4S/c1-22(27(24,25)12-8-6-11(17)7-9-12)10-15(23)21-13-4-2-3-5-14(13)26-16(18,19)20/h2-9H,10H2,1H3,(H,21,23). The Morgan fingerprint density at radius 3 is 2.30 bits per heavy atom. The second-order valence-corrected chi connectivity index (χ2v) is 7.35. The third-order valence-electron chi connectivity index (χ3n) is 3.27. The Morgan fingerprint density at radius 1 is 1.11 bits per heavy atom.